The molecule has 0 N–H and O–H groups in total. The number of hydrogen-bond acceptors (Lipinski definition) is 2. The van der Waals surface area contributed by atoms with Gasteiger partial charge in [-0.05, 0) is 38.0 Å². The van der Waals surface area contributed by atoms with E-state index in [1.165, 1.54) is 0 Å². The van der Waals surface area contributed by atoms with E-state index in [2.05, 4.69) is 9.55 Å². The molecule has 0 amide bonds. The summed E-state index contributed by atoms with van der Waals surface area (Å²) in [5.41, 5.74) is 2.99. The van der Waals surface area contributed by atoms with Crippen LogP contribution in [0.2, 0.25) is 5.02 Å². The maximum Gasteiger partial charge on any atom is 0.164 e. The fraction of sp³-hybridized carbons (Fsp3) is 0.286. The van der Waals surface area contributed by atoms with Crippen LogP contribution in [0, 0.1) is 6.92 Å². The summed E-state index contributed by atoms with van der Waals surface area (Å²) in [5, 5.41) is 0.619. The molecule has 0 radical (unpaired) electrons. The van der Waals surface area contributed by atoms with Gasteiger partial charge in [0.25, 0.3) is 0 Å². The van der Waals surface area contributed by atoms with Gasteiger partial charge in [-0.1, -0.05) is 11.6 Å². The third-order valence-electron chi connectivity index (χ3n) is 3.35. The summed E-state index contributed by atoms with van der Waals surface area (Å²) in [4.78, 5) is 16.2. The van der Waals surface area contributed by atoms with Gasteiger partial charge in [-0.15, -0.1) is 0 Å². The monoisotopic (exact) mass is 260 g/mol. The Morgan fingerprint density at radius 3 is 2.89 bits per heavy atom. The predicted molar refractivity (Wildman–Crippen MR) is 70.6 cm³/mol. The summed E-state index contributed by atoms with van der Waals surface area (Å²) in [6, 6.07) is 5.67. The minimum atomic E-state index is 0.243. The molecule has 2 aromatic heterocycles. The highest BCUT2D eigenvalue weighted by Gasteiger charge is 2.23. The lowest BCUT2D eigenvalue weighted by molar-refractivity contribution is 0.0972. The second kappa shape index (κ2) is 4.25. The van der Waals surface area contributed by atoms with Crippen LogP contribution < -0.4 is 0 Å². The van der Waals surface area contributed by atoms with E-state index >= 15 is 0 Å². The van der Waals surface area contributed by atoms with Gasteiger partial charge in [0.15, 0.2) is 5.78 Å². The lowest BCUT2D eigenvalue weighted by Gasteiger charge is -2.15. The van der Waals surface area contributed by atoms with E-state index in [1.54, 1.807) is 6.20 Å². The molecular weight excluding hydrogens is 248 g/mol. The summed E-state index contributed by atoms with van der Waals surface area (Å²) < 4.78 is 2.06. The second-order valence-electron chi connectivity index (χ2n) is 4.59. The van der Waals surface area contributed by atoms with Crippen molar-refractivity contribution < 1.29 is 4.79 Å². The highest BCUT2D eigenvalue weighted by Crippen LogP contribution is 2.27. The van der Waals surface area contributed by atoms with E-state index in [1.807, 2.05) is 25.1 Å². The van der Waals surface area contributed by atoms with E-state index in [0.717, 1.165) is 35.6 Å². The lowest BCUT2D eigenvalue weighted by atomic mass is 9.97. The zero-order valence-electron chi connectivity index (χ0n) is 10.1. The largest absolute Gasteiger partial charge is 0.302 e. The molecule has 0 aliphatic heterocycles. The Balaban J connectivity index is 2.18. The SMILES string of the molecule is Cc1cc2c(n1-c1ccc(Cl)cn1)CCCC2=O. The van der Waals surface area contributed by atoms with Gasteiger partial charge in [-0.25, -0.2) is 4.98 Å². The summed E-state index contributed by atoms with van der Waals surface area (Å²) in [6.07, 6.45) is 4.14. The summed E-state index contributed by atoms with van der Waals surface area (Å²) in [5.74, 6) is 1.07. The first-order chi connectivity index (χ1) is 8.66. The molecule has 0 saturated carbocycles. The Morgan fingerprint density at radius 2 is 2.17 bits per heavy atom. The zero-order chi connectivity index (χ0) is 12.7. The van der Waals surface area contributed by atoms with Crippen molar-refractivity contribution in [3.05, 3.63) is 46.4 Å². The third kappa shape index (κ3) is 1.75. The van der Waals surface area contributed by atoms with E-state index < -0.39 is 0 Å². The number of hydrogen-bond donors (Lipinski definition) is 0. The number of aromatic nitrogens is 2. The van der Waals surface area contributed by atoms with Gasteiger partial charge >= 0.3 is 0 Å². The summed E-state index contributed by atoms with van der Waals surface area (Å²) >= 11 is 5.85. The fourth-order valence-electron chi connectivity index (χ4n) is 2.55. The predicted octanol–water partition coefficient (Wildman–Crippen LogP) is 3.35. The number of ketones is 1. The molecule has 3 rings (SSSR count). The molecule has 4 heteroatoms. The summed E-state index contributed by atoms with van der Waals surface area (Å²) in [7, 11) is 0. The van der Waals surface area contributed by atoms with Crippen LogP contribution in [0.15, 0.2) is 24.4 Å². The average Bonchev–Trinajstić information content (AvgIpc) is 2.69. The van der Waals surface area contributed by atoms with Gasteiger partial charge in [0.1, 0.15) is 5.82 Å². The molecule has 0 saturated heterocycles. The van der Waals surface area contributed by atoms with Crippen LogP contribution in [0.5, 0.6) is 0 Å². The Bertz CT molecular complexity index is 613. The van der Waals surface area contributed by atoms with E-state index in [9.17, 15) is 4.79 Å². The van der Waals surface area contributed by atoms with E-state index in [-0.39, 0.29) is 5.78 Å². The van der Waals surface area contributed by atoms with Crippen LogP contribution in [-0.2, 0) is 6.42 Å². The highest BCUT2D eigenvalue weighted by atomic mass is 35.5. The Labute approximate surface area is 110 Å². The molecule has 0 unspecified atom stereocenters. The minimum absolute atomic E-state index is 0.243. The molecule has 3 nitrogen and oxygen atoms in total. The maximum atomic E-state index is 11.9. The Morgan fingerprint density at radius 1 is 1.33 bits per heavy atom. The molecule has 0 bridgehead atoms. The van der Waals surface area contributed by atoms with Crippen LogP contribution in [0.25, 0.3) is 5.82 Å². The molecule has 2 aromatic rings. The van der Waals surface area contributed by atoms with Crippen LogP contribution in [0.3, 0.4) is 0 Å². The molecule has 0 spiro atoms. The minimum Gasteiger partial charge on any atom is -0.302 e. The topological polar surface area (TPSA) is 34.9 Å². The molecule has 2 heterocycles. The van der Waals surface area contributed by atoms with Crippen LogP contribution in [0.4, 0.5) is 0 Å². The lowest BCUT2D eigenvalue weighted by Crippen LogP contribution is -2.13. The Kier molecular flexibility index (Phi) is 2.71. The highest BCUT2D eigenvalue weighted by molar-refractivity contribution is 6.30. The second-order valence-corrected chi connectivity index (χ2v) is 5.03. The van der Waals surface area contributed by atoms with Crippen LogP contribution in [-0.4, -0.2) is 15.3 Å². The van der Waals surface area contributed by atoms with Gasteiger partial charge in [0.2, 0.25) is 0 Å². The van der Waals surface area contributed by atoms with Gasteiger partial charge in [0.05, 0.1) is 5.02 Å². The summed E-state index contributed by atoms with van der Waals surface area (Å²) in [6.45, 7) is 2.00. The van der Waals surface area contributed by atoms with Crippen LogP contribution in [0.1, 0.15) is 34.6 Å². The normalized spacial score (nSPS) is 14.7. The number of halogens is 1. The van der Waals surface area contributed by atoms with Crippen molar-refractivity contribution >= 4 is 17.4 Å². The average molecular weight is 261 g/mol. The first-order valence-corrected chi connectivity index (χ1v) is 6.41. The number of Topliss-reactive ketones (excluding diaryl/α,β-unsaturated/α-hetero) is 1. The van der Waals surface area contributed by atoms with Crippen molar-refractivity contribution in [3.63, 3.8) is 0 Å². The smallest absolute Gasteiger partial charge is 0.164 e. The van der Waals surface area contributed by atoms with Gasteiger partial charge in [-0.3, -0.25) is 4.79 Å². The molecule has 0 aromatic carbocycles. The van der Waals surface area contributed by atoms with Crippen molar-refractivity contribution in [3.8, 4) is 5.82 Å². The van der Waals surface area contributed by atoms with E-state index in [0.29, 0.717) is 11.4 Å². The number of carbonyl (C=O) groups excluding carboxylic acids is 1. The van der Waals surface area contributed by atoms with Crippen molar-refractivity contribution in [1.82, 2.24) is 9.55 Å². The van der Waals surface area contributed by atoms with Crippen LogP contribution >= 0.6 is 11.6 Å². The number of rotatable bonds is 1. The molecule has 92 valence electrons. The molecule has 0 fully saturated rings. The Hall–Kier alpha value is -1.61. The number of pyridine rings is 1. The molecule has 0 atom stereocenters. The van der Waals surface area contributed by atoms with Gasteiger partial charge in [0, 0.05) is 29.6 Å². The van der Waals surface area contributed by atoms with Crippen molar-refractivity contribution in [1.29, 1.82) is 0 Å². The van der Waals surface area contributed by atoms with Crippen molar-refractivity contribution in [2.45, 2.75) is 26.2 Å². The standard InChI is InChI=1S/C14H13ClN2O/c1-9-7-11-12(3-2-4-13(11)18)17(9)14-6-5-10(15)8-16-14/h5-8H,2-4H2,1H3. The van der Waals surface area contributed by atoms with Crippen molar-refractivity contribution in [2.24, 2.45) is 0 Å². The zero-order valence-corrected chi connectivity index (χ0v) is 10.9. The first-order valence-electron chi connectivity index (χ1n) is 6.03. The molecule has 18 heavy (non-hydrogen) atoms. The van der Waals surface area contributed by atoms with Crippen molar-refractivity contribution in [2.75, 3.05) is 0 Å². The number of nitrogens with zero attached hydrogens (tertiary/aromatic N) is 2. The maximum absolute atomic E-state index is 11.9. The fourth-order valence-corrected chi connectivity index (χ4v) is 2.66. The van der Waals surface area contributed by atoms with Gasteiger partial charge in [-0.2, -0.15) is 0 Å². The number of fused-ring (bicyclic) bond motifs is 1. The van der Waals surface area contributed by atoms with Gasteiger partial charge < -0.3 is 4.57 Å². The third-order valence-corrected chi connectivity index (χ3v) is 3.57. The quantitative estimate of drug-likeness (QED) is 0.788. The molecule has 1 aliphatic carbocycles. The first kappa shape index (κ1) is 11.5. The molecule has 1 aliphatic rings. The molecular formula is C14H13ClN2O. The van der Waals surface area contributed by atoms with E-state index in [4.69, 9.17) is 11.6 Å². The number of aryl methyl sites for hydroxylation is 1. The number of carbonyl (C=O) groups is 1.